The molecule has 1 heterocycles. The molecule has 0 aliphatic heterocycles. The Hall–Kier alpha value is -1.10. The highest BCUT2D eigenvalue weighted by molar-refractivity contribution is 6.33. The lowest BCUT2D eigenvalue weighted by Gasteiger charge is -2.07. The molecule has 1 N–H and O–H groups in total. The van der Waals surface area contributed by atoms with Crippen molar-refractivity contribution in [3.63, 3.8) is 0 Å². The van der Waals surface area contributed by atoms with Crippen molar-refractivity contribution in [3.8, 4) is 5.69 Å². The van der Waals surface area contributed by atoms with Gasteiger partial charge in [-0.3, -0.25) is 0 Å². The van der Waals surface area contributed by atoms with E-state index in [1.165, 1.54) is 16.8 Å². The third-order valence-corrected chi connectivity index (χ3v) is 3.61. The van der Waals surface area contributed by atoms with Gasteiger partial charge in [-0.25, -0.2) is 9.07 Å². The summed E-state index contributed by atoms with van der Waals surface area (Å²) in [5, 5.41) is 14.2. The molecule has 0 saturated heterocycles. The molecule has 108 valence electrons. The lowest BCUT2D eigenvalue weighted by Crippen LogP contribution is -2.03. The van der Waals surface area contributed by atoms with E-state index in [-0.39, 0.29) is 22.5 Å². The number of halogens is 3. The van der Waals surface area contributed by atoms with Gasteiger partial charge in [-0.15, -0.1) is 0 Å². The maximum atomic E-state index is 14.0. The summed E-state index contributed by atoms with van der Waals surface area (Å²) in [7, 11) is 0. The fourth-order valence-corrected chi connectivity index (χ4v) is 2.55. The number of rotatable bonds is 4. The first-order valence-corrected chi connectivity index (χ1v) is 7.02. The Bertz CT molecular complexity index is 606. The van der Waals surface area contributed by atoms with Crippen molar-refractivity contribution in [1.29, 1.82) is 0 Å². The highest BCUT2D eigenvalue weighted by Crippen LogP contribution is 2.30. The molecule has 0 unspecified atom stereocenters. The van der Waals surface area contributed by atoms with E-state index < -0.39 is 5.82 Å². The van der Waals surface area contributed by atoms with E-state index in [0.717, 1.165) is 0 Å². The molecule has 0 aliphatic carbocycles. The Morgan fingerprint density at radius 1 is 1.35 bits per heavy atom. The molecule has 0 fully saturated rings. The van der Waals surface area contributed by atoms with Crippen LogP contribution in [0.2, 0.25) is 10.2 Å². The zero-order valence-corrected chi connectivity index (χ0v) is 12.7. The zero-order valence-electron chi connectivity index (χ0n) is 11.2. The molecule has 0 aliphatic rings. The second-order valence-corrected chi connectivity index (χ2v) is 5.72. The molecule has 0 saturated carbocycles. The average Bonchev–Trinajstić information content (AvgIpc) is 2.65. The van der Waals surface area contributed by atoms with Crippen LogP contribution in [-0.2, 0) is 13.0 Å². The van der Waals surface area contributed by atoms with Crippen LogP contribution in [-0.4, -0.2) is 14.9 Å². The van der Waals surface area contributed by atoms with E-state index in [4.69, 9.17) is 23.2 Å². The van der Waals surface area contributed by atoms with E-state index >= 15 is 0 Å². The van der Waals surface area contributed by atoms with Gasteiger partial charge in [-0.05, 0) is 24.5 Å². The van der Waals surface area contributed by atoms with Crippen molar-refractivity contribution in [2.45, 2.75) is 26.9 Å². The predicted octanol–water partition coefficient (Wildman–Crippen LogP) is 4.01. The standard InChI is InChI=1S/C14H15Cl2FN2O/c1-8(2)6-12-9(7-20)14(16)19(18-12)13-10(15)4-3-5-11(13)17/h3-5,8,20H,6-7H2,1-2H3. The summed E-state index contributed by atoms with van der Waals surface area (Å²) in [6.07, 6.45) is 0.648. The van der Waals surface area contributed by atoms with Crippen LogP contribution in [0.5, 0.6) is 0 Å². The fraction of sp³-hybridized carbons (Fsp3) is 0.357. The number of hydrogen-bond acceptors (Lipinski definition) is 2. The number of nitrogens with zero attached hydrogens (tertiary/aromatic N) is 2. The molecule has 1 aromatic heterocycles. The highest BCUT2D eigenvalue weighted by atomic mass is 35.5. The highest BCUT2D eigenvalue weighted by Gasteiger charge is 2.20. The van der Waals surface area contributed by atoms with Crippen molar-refractivity contribution in [3.05, 3.63) is 45.4 Å². The van der Waals surface area contributed by atoms with Gasteiger partial charge in [0.1, 0.15) is 16.7 Å². The smallest absolute Gasteiger partial charge is 0.150 e. The first kappa shape index (κ1) is 15.3. The normalized spacial score (nSPS) is 11.3. The first-order valence-electron chi connectivity index (χ1n) is 6.27. The van der Waals surface area contributed by atoms with Gasteiger partial charge in [0.15, 0.2) is 0 Å². The summed E-state index contributed by atoms with van der Waals surface area (Å²) >= 11 is 12.2. The molecule has 0 bridgehead atoms. The maximum absolute atomic E-state index is 14.0. The molecule has 2 aromatic rings. The summed E-state index contributed by atoms with van der Waals surface area (Å²) < 4.78 is 15.2. The molecule has 0 amide bonds. The topological polar surface area (TPSA) is 38.0 Å². The molecular formula is C14H15Cl2FN2O. The number of aromatic nitrogens is 2. The summed E-state index contributed by atoms with van der Waals surface area (Å²) in [5.74, 6) is -0.168. The third kappa shape index (κ3) is 2.82. The number of hydrogen-bond donors (Lipinski definition) is 1. The number of aliphatic hydroxyl groups excluding tert-OH is 1. The Balaban J connectivity index is 2.61. The van der Waals surface area contributed by atoms with Gasteiger partial charge in [0.2, 0.25) is 0 Å². The third-order valence-electron chi connectivity index (χ3n) is 2.91. The van der Waals surface area contributed by atoms with E-state index in [2.05, 4.69) is 5.10 Å². The van der Waals surface area contributed by atoms with Gasteiger partial charge in [0, 0.05) is 5.56 Å². The van der Waals surface area contributed by atoms with Gasteiger partial charge in [-0.1, -0.05) is 43.1 Å². The average molecular weight is 317 g/mol. The largest absolute Gasteiger partial charge is 0.391 e. The van der Waals surface area contributed by atoms with Crippen molar-refractivity contribution in [2.75, 3.05) is 0 Å². The molecule has 0 atom stereocenters. The van der Waals surface area contributed by atoms with Crippen LogP contribution in [0.1, 0.15) is 25.1 Å². The molecule has 6 heteroatoms. The van der Waals surface area contributed by atoms with Gasteiger partial charge >= 0.3 is 0 Å². The van der Waals surface area contributed by atoms with Gasteiger partial charge in [0.05, 0.1) is 17.3 Å². The Labute approximate surface area is 126 Å². The van der Waals surface area contributed by atoms with E-state index in [9.17, 15) is 9.50 Å². The monoisotopic (exact) mass is 316 g/mol. The minimum absolute atomic E-state index is 0.101. The van der Waals surface area contributed by atoms with Gasteiger partial charge in [-0.2, -0.15) is 5.10 Å². The van der Waals surface area contributed by atoms with E-state index in [1.807, 2.05) is 13.8 Å². The van der Waals surface area contributed by atoms with Crippen LogP contribution in [0.4, 0.5) is 4.39 Å². The van der Waals surface area contributed by atoms with Crippen molar-refractivity contribution in [1.82, 2.24) is 9.78 Å². The molecular weight excluding hydrogens is 302 g/mol. The predicted molar refractivity (Wildman–Crippen MR) is 78.0 cm³/mol. The fourth-order valence-electron chi connectivity index (χ4n) is 2.02. The molecule has 0 spiro atoms. The van der Waals surface area contributed by atoms with E-state index in [0.29, 0.717) is 23.6 Å². The molecule has 20 heavy (non-hydrogen) atoms. The molecule has 2 rings (SSSR count). The van der Waals surface area contributed by atoms with Crippen LogP contribution >= 0.6 is 23.2 Å². The number of aliphatic hydroxyl groups is 1. The Morgan fingerprint density at radius 2 is 2.05 bits per heavy atom. The summed E-state index contributed by atoms with van der Waals surface area (Å²) in [4.78, 5) is 0. The van der Waals surface area contributed by atoms with Crippen molar-refractivity contribution < 1.29 is 9.50 Å². The summed E-state index contributed by atoms with van der Waals surface area (Å²) in [6.45, 7) is 3.82. The lowest BCUT2D eigenvalue weighted by atomic mass is 10.1. The zero-order chi connectivity index (χ0) is 14.9. The van der Waals surface area contributed by atoms with Gasteiger partial charge < -0.3 is 5.11 Å². The lowest BCUT2D eigenvalue weighted by molar-refractivity contribution is 0.280. The Kier molecular flexibility index (Phi) is 4.68. The second-order valence-electron chi connectivity index (χ2n) is 4.95. The SMILES string of the molecule is CC(C)Cc1nn(-c2c(F)cccc2Cl)c(Cl)c1CO. The van der Waals surface area contributed by atoms with Crippen LogP contribution in [0.15, 0.2) is 18.2 Å². The molecule has 3 nitrogen and oxygen atoms in total. The van der Waals surface area contributed by atoms with Crippen molar-refractivity contribution in [2.24, 2.45) is 5.92 Å². The summed E-state index contributed by atoms with van der Waals surface area (Å²) in [5.41, 5.74) is 1.27. The van der Waals surface area contributed by atoms with Crippen LogP contribution in [0, 0.1) is 11.7 Å². The number of para-hydroxylation sites is 1. The first-order chi connectivity index (χ1) is 9.45. The van der Waals surface area contributed by atoms with Crippen molar-refractivity contribution >= 4 is 23.2 Å². The van der Waals surface area contributed by atoms with Gasteiger partial charge in [0.25, 0.3) is 0 Å². The maximum Gasteiger partial charge on any atom is 0.150 e. The van der Waals surface area contributed by atoms with Crippen LogP contribution < -0.4 is 0 Å². The minimum atomic E-state index is -0.512. The Morgan fingerprint density at radius 3 is 2.60 bits per heavy atom. The quantitative estimate of drug-likeness (QED) is 0.925. The summed E-state index contributed by atoms with van der Waals surface area (Å²) in [6, 6.07) is 4.37. The minimum Gasteiger partial charge on any atom is -0.391 e. The van der Waals surface area contributed by atoms with Crippen LogP contribution in [0.3, 0.4) is 0 Å². The molecule has 0 radical (unpaired) electrons. The second kappa shape index (κ2) is 6.12. The van der Waals surface area contributed by atoms with E-state index in [1.54, 1.807) is 6.07 Å². The van der Waals surface area contributed by atoms with Crippen LogP contribution in [0.25, 0.3) is 5.69 Å². The number of benzene rings is 1. The molecule has 1 aromatic carbocycles.